The smallest absolute Gasteiger partial charge is 0.160 e. The number of rotatable bonds is 3. The Hall–Kier alpha value is -6.94. The zero-order chi connectivity index (χ0) is 36.5. The number of thiophene rings is 1. The van der Waals surface area contributed by atoms with Crippen molar-refractivity contribution in [2.45, 2.75) is 5.41 Å². The van der Waals surface area contributed by atoms with Gasteiger partial charge < -0.3 is 9.32 Å². The number of hydrogen-bond acceptors (Lipinski definition) is 3. The Morgan fingerprint density at radius 2 is 1.00 bits per heavy atom. The van der Waals surface area contributed by atoms with E-state index in [2.05, 4.69) is 193 Å². The molecule has 2 aliphatic carbocycles. The minimum atomic E-state index is -0.457. The lowest BCUT2D eigenvalue weighted by Crippen LogP contribution is -2.26. The van der Waals surface area contributed by atoms with Crippen molar-refractivity contribution in [3.8, 4) is 22.3 Å². The van der Waals surface area contributed by atoms with Crippen LogP contribution in [0.25, 0.3) is 75.1 Å². The summed E-state index contributed by atoms with van der Waals surface area (Å²) < 4.78 is 9.60. The van der Waals surface area contributed by atoms with E-state index in [0.717, 1.165) is 33.6 Å². The lowest BCUT2D eigenvalue weighted by atomic mass is 9.70. The first kappa shape index (κ1) is 30.4. The molecule has 0 bridgehead atoms. The van der Waals surface area contributed by atoms with Crippen LogP contribution in [0, 0.1) is 0 Å². The third-order valence-corrected chi connectivity index (χ3v) is 13.7. The number of benzene rings is 9. The van der Waals surface area contributed by atoms with Gasteiger partial charge in [0.15, 0.2) is 5.58 Å². The van der Waals surface area contributed by atoms with Crippen LogP contribution < -0.4 is 4.90 Å². The maximum Gasteiger partial charge on any atom is 0.160 e. The van der Waals surface area contributed by atoms with E-state index >= 15 is 0 Å². The highest BCUT2D eigenvalue weighted by molar-refractivity contribution is 7.26. The fraction of sp³-hybridized carbons (Fsp3) is 0.0189. The molecule has 13 rings (SSSR count). The van der Waals surface area contributed by atoms with E-state index in [1.165, 1.54) is 80.8 Å². The van der Waals surface area contributed by atoms with Crippen molar-refractivity contribution < 1.29 is 4.42 Å². The Labute approximate surface area is 327 Å². The van der Waals surface area contributed by atoms with Crippen molar-refractivity contribution in [2.24, 2.45) is 0 Å². The molecule has 3 heteroatoms. The predicted octanol–water partition coefficient (Wildman–Crippen LogP) is 14.9. The Morgan fingerprint density at radius 3 is 1.80 bits per heavy atom. The van der Waals surface area contributed by atoms with E-state index in [0.29, 0.717) is 0 Å². The first-order valence-electron chi connectivity index (χ1n) is 19.3. The van der Waals surface area contributed by atoms with Gasteiger partial charge in [0.05, 0.1) is 22.5 Å². The predicted molar refractivity (Wildman–Crippen MR) is 235 cm³/mol. The molecule has 11 aromatic rings. The molecule has 0 atom stereocenters. The van der Waals surface area contributed by atoms with Gasteiger partial charge in [-0.1, -0.05) is 158 Å². The molecule has 0 radical (unpaired) electrons. The van der Waals surface area contributed by atoms with Crippen molar-refractivity contribution in [1.82, 2.24) is 0 Å². The molecule has 0 saturated heterocycles. The van der Waals surface area contributed by atoms with Crippen LogP contribution in [0.2, 0.25) is 0 Å². The molecule has 2 aromatic heterocycles. The van der Waals surface area contributed by atoms with Crippen LogP contribution in [0.15, 0.2) is 192 Å². The molecule has 260 valence electrons. The quantitative estimate of drug-likeness (QED) is 0.180. The number of fused-ring (bicyclic) bond motifs is 18. The zero-order valence-corrected chi connectivity index (χ0v) is 31.0. The standard InChI is InChI=1S/C53H31NOS/c1-2-17-33-32(15-1)16-13-27-44(33)54(46-31-39-36-20-7-12-30-48(36)56-52(39)50-38-22-6-11-29-47(38)55-51(46)50)45-28-14-26-43-49(45)37-21-5-10-25-42(37)53(43)40-23-8-3-18-34(40)35-19-4-9-24-41(35)53/h1-31H. The van der Waals surface area contributed by atoms with Gasteiger partial charge in [0.1, 0.15) is 5.58 Å². The highest BCUT2D eigenvalue weighted by Gasteiger charge is 2.52. The largest absolute Gasteiger partial charge is 0.454 e. The summed E-state index contributed by atoms with van der Waals surface area (Å²) in [6, 6.07) is 69.4. The average molecular weight is 730 g/mol. The number of furan rings is 1. The van der Waals surface area contributed by atoms with E-state index in [1.807, 2.05) is 11.3 Å². The van der Waals surface area contributed by atoms with E-state index in [9.17, 15) is 0 Å². The van der Waals surface area contributed by atoms with E-state index in [1.54, 1.807) is 0 Å². The second-order valence-corrected chi connectivity index (χ2v) is 16.1. The molecule has 2 aliphatic rings. The maximum absolute atomic E-state index is 7.06. The van der Waals surface area contributed by atoms with Crippen molar-refractivity contribution in [3.63, 3.8) is 0 Å². The second-order valence-electron chi connectivity index (χ2n) is 15.1. The summed E-state index contributed by atoms with van der Waals surface area (Å²) in [5, 5.41) is 7.20. The molecule has 2 nitrogen and oxygen atoms in total. The minimum Gasteiger partial charge on any atom is -0.454 e. The summed E-state index contributed by atoms with van der Waals surface area (Å²) in [5.74, 6) is 0. The molecule has 9 aromatic carbocycles. The monoisotopic (exact) mass is 729 g/mol. The van der Waals surface area contributed by atoms with Crippen LogP contribution in [0.1, 0.15) is 22.3 Å². The topological polar surface area (TPSA) is 16.4 Å². The van der Waals surface area contributed by atoms with Crippen LogP contribution >= 0.6 is 11.3 Å². The first-order chi connectivity index (χ1) is 27.8. The number of anilines is 3. The number of para-hydroxylation sites is 1. The molecular weight excluding hydrogens is 699 g/mol. The Bertz CT molecular complexity index is 3410. The van der Waals surface area contributed by atoms with Gasteiger partial charge in [0.25, 0.3) is 0 Å². The van der Waals surface area contributed by atoms with Gasteiger partial charge in [0, 0.05) is 41.9 Å². The lowest BCUT2D eigenvalue weighted by molar-refractivity contribution is 0.669. The molecular formula is C53H31NOS. The average Bonchev–Trinajstić information content (AvgIpc) is 4.00. The molecule has 0 N–H and O–H groups in total. The highest BCUT2D eigenvalue weighted by Crippen LogP contribution is 2.65. The van der Waals surface area contributed by atoms with Crippen molar-refractivity contribution in [3.05, 3.63) is 210 Å². The Balaban J connectivity index is 1.22. The van der Waals surface area contributed by atoms with Crippen LogP contribution in [-0.4, -0.2) is 0 Å². The summed E-state index contributed by atoms with van der Waals surface area (Å²) in [6.45, 7) is 0. The van der Waals surface area contributed by atoms with E-state index in [-0.39, 0.29) is 0 Å². The molecule has 0 unspecified atom stereocenters. The first-order valence-corrected chi connectivity index (χ1v) is 20.1. The van der Waals surface area contributed by atoms with Crippen LogP contribution in [0.5, 0.6) is 0 Å². The summed E-state index contributed by atoms with van der Waals surface area (Å²) in [5.41, 5.74) is 15.0. The summed E-state index contributed by atoms with van der Waals surface area (Å²) in [4.78, 5) is 2.51. The van der Waals surface area contributed by atoms with Crippen molar-refractivity contribution in [2.75, 3.05) is 4.90 Å². The van der Waals surface area contributed by atoms with Crippen molar-refractivity contribution in [1.29, 1.82) is 0 Å². The normalized spacial score (nSPS) is 13.5. The van der Waals surface area contributed by atoms with Gasteiger partial charge >= 0.3 is 0 Å². The fourth-order valence-electron chi connectivity index (χ4n) is 10.3. The van der Waals surface area contributed by atoms with Gasteiger partial charge in [-0.25, -0.2) is 0 Å². The Kier molecular flexibility index (Phi) is 6.01. The summed E-state index contributed by atoms with van der Waals surface area (Å²) in [7, 11) is 0. The van der Waals surface area contributed by atoms with Crippen molar-refractivity contribution >= 4 is 81.3 Å². The van der Waals surface area contributed by atoms with Gasteiger partial charge in [-0.3, -0.25) is 0 Å². The molecule has 56 heavy (non-hydrogen) atoms. The van der Waals surface area contributed by atoms with Crippen LogP contribution in [0.3, 0.4) is 0 Å². The SMILES string of the molecule is c1ccc2c(c1)-c1ccccc1C21c2ccccc2-c2c(N(c3cccc4ccccc34)c3cc4c5ccccc5sc4c4c3oc3ccccc34)cccc21. The minimum absolute atomic E-state index is 0.457. The van der Waals surface area contributed by atoms with Gasteiger partial charge in [-0.05, 0) is 74.7 Å². The molecule has 0 aliphatic heterocycles. The molecule has 1 spiro atoms. The summed E-state index contributed by atoms with van der Waals surface area (Å²) in [6.07, 6.45) is 0. The number of nitrogens with zero attached hydrogens (tertiary/aromatic N) is 1. The zero-order valence-electron chi connectivity index (χ0n) is 30.2. The van der Waals surface area contributed by atoms with Gasteiger partial charge in [-0.15, -0.1) is 11.3 Å². The van der Waals surface area contributed by atoms with E-state index < -0.39 is 5.41 Å². The van der Waals surface area contributed by atoms with E-state index in [4.69, 9.17) is 4.42 Å². The lowest BCUT2D eigenvalue weighted by Gasteiger charge is -2.32. The third-order valence-electron chi connectivity index (χ3n) is 12.5. The Morgan fingerprint density at radius 1 is 0.429 bits per heavy atom. The second kappa shape index (κ2) is 11.1. The molecule has 0 saturated carbocycles. The van der Waals surface area contributed by atoms with Crippen LogP contribution in [0.4, 0.5) is 17.1 Å². The molecule has 2 heterocycles. The van der Waals surface area contributed by atoms with Gasteiger partial charge in [0.2, 0.25) is 0 Å². The third kappa shape index (κ3) is 3.75. The summed E-state index contributed by atoms with van der Waals surface area (Å²) >= 11 is 1.86. The molecule has 0 amide bonds. The number of hydrogen-bond donors (Lipinski definition) is 0. The van der Waals surface area contributed by atoms with Gasteiger partial charge in [-0.2, -0.15) is 0 Å². The van der Waals surface area contributed by atoms with Crippen LogP contribution in [-0.2, 0) is 5.41 Å². The highest BCUT2D eigenvalue weighted by atomic mass is 32.1. The fourth-order valence-corrected chi connectivity index (χ4v) is 11.6. The molecule has 0 fully saturated rings. The maximum atomic E-state index is 7.06.